The van der Waals surface area contributed by atoms with Crippen LogP contribution in [-0.2, 0) is 30.4 Å². The first-order valence-corrected chi connectivity index (χ1v) is 11.1. The smallest absolute Gasteiger partial charge is 0.313 e. The van der Waals surface area contributed by atoms with Crippen LogP contribution in [0.4, 0.5) is 0 Å². The Morgan fingerprint density at radius 3 is 2.53 bits per heavy atom. The van der Waals surface area contributed by atoms with E-state index in [9.17, 15) is 14.4 Å². The Morgan fingerprint density at radius 2 is 1.81 bits per heavy atom. The van der Waals surface area contributed by atoms with E-state index in [1.165, 1.54) is 0 Å². The van der Waals surface area contributed by atoms with E-state index in [4.69, 9.17) is 9.47 Å². The molecule has 0 radical (unpaired) electrons. The maximum absolute atomic E-state index is 14.1. The molecule has 0 unspecified atom stereocenters. The first-order chi connectivity index (χ1) is 15.2. The number of ether oxygens (including phenoxy) is 2. The minimum absolute atomic E-state index is 0.0967. The molecular weight excluding hydrogens is 408 g/mol. The molecule has 5 atom stereocenters. The summed E-state index contributed by atoms with van der Waals surface area (Å²) in [4.78, 5) is 44.2. The predicted molar refractivity (Wildman–Crippen MR) is 116 cm³/mol. The Bertz CT molecular complexity index is 1010. The van der Waals surface area contributed by atoms with E-state index in [0.717, 1.165) is 5.56 Å². The van der Waals surface area contributed by atoms with E-state index in [1.807, 2.05) is 69.3 Å². The van der Waals surface area contributed by atoms with Gasteiger partial charge in [-0.05, 0) is 32.4 Å². The van der Waals surface area contributed by atoms with Crippen LogP contribution in [0.25, 0.3) is 0 Å². The van der Waals surface area contributed by atoms with Gasteiger partial charge in [0.2, 0.25) is 11.8 Å². The molecule has 7 heteroatoms. The molecule has 4 aliphatic heterocycles. The fourth-order valence-corrected chi connectivity index (χ4v) is 5.55. The van der Waals surface area contributed by atoms with Crippen LogP contribution in [0, 0.1) is 11.8 Å². The lowest BCUT2D eigenvalue weighted by Crippen LogP contribution is -2.59. The number of esters is 1. The summed E-state index contributed by atoms with van der Waals surface area (Å²) in [7, 11) is 0. The van der Waals surface area contributed by atoms with Crippen LogP contribution in [0.2, 0.25) is 0 Å². The maximum Gasteiger partial charge on any atom is 0.313 e. The van der Waals surface area contributed by atoms with Gasteiger partial charge < -0.3 is 19.3 Å². The number of hydrogen-bond acceptors (Lipinski definition) is 5. The number of carbonyl (C=O) groups is 3. The van der Waals surface area contributed by atoms with Gasteiger partial charge >= 0.3 is 5.97 Å². The standard InChI is InChI=1S/C25H28N2O5/c1-24(2,3)27-20-22(29)26(15-16-9-5-4-6-10-16)13-7-8-14-31-23(30)18-17-11-12-25(20,32-17)19(18)21(27)28/h4-12,17-20H,13-15H2,1-3H3/b8-7-/t17-,18+,19+,20-,25+/m0/s1. The van der Waals surface area contributed by atoms with Crippen LogP contribution in [0.3, 0.4) is 0 Å². The van der Waals surface area contributed by atoms with Crippen molar-refractivity contribution in [1.82, 2.24) is 9.80 Å². The van der Waals surface area contributed by atoms with Crippen molar-refractivity contribution < 1.29 is 23.9 Å². The molecule has 0 saturated carbocycles. The monoisotopic (exact) mass is 436 g/mol. The predicted octanol–water partition coefficient (Wildman–Crippen LogP) is 2.08. The van der Waals surface area contributed by atoms with Crippen molar-refractivity contribution in [3.8, 4) is 0 Å². The second-order valence-electron chi connectivity index (χ2n) is 9.89. The fourth-order valence-electron chi connectivity index (χ4n) is 5.55. The molecular formula is C25H28N2O5. The lowest BCUT2D eigenvalue weighted by molar-refractivity contribution is -0.156. The zero-order valence-corrected chi connectivity index (χ0v) is 18.6. The van der Waals surface area contributed by atoms with Gasteiger partial charge in [-0.3, -0.25) is 14.4 Å². The third-order valence-electron chi connectivity index (χ3n) is 6.85. The number of nitrogens with zero attached hydrogens (tertiary/aromatic N) is 2. The Morgan fingerprint density at radius 1 is 1.06 bits per heavy atom. The summed E-state index contributed by atoms with van der Waals surface area (Å²) in [6.45, 7) is 6.57. The average Bonchev–Trinajstić information content (AvgIpc) is 3.39. The van der Waals surface area contributed by atoms with Crippen LogP contribution in [0.1, 0.15) is 26.3 Å². The molecule has 1 aromatic carbocycles. The number of rotatable bonds is 2. The van der Waals surface area contributed by atoms with Gasteiger partial charge in [-0.1, -0.05) is 48.6 Å². The summed E-state index contributed by atoms with van der Waals surface area (Å²) < 4.78 is 11.8. The second-order valence-corrected chi connectivity index (χ2v) is 9.89. The molecule has 4 aliphatic rings. The topological polar surface area (TPSA) is 76.2 Å². The molecule has 2 fully saturated rings. The highest BCUT2D eigenvalue weighted by Crippen LogP contribution is 2.56. The molecule has 7 nitrogen and oxygen atoms in total. The lowest BCUT2D eigenvalue weighted by atomic mass is 9.74. The van der Waals surface area contributed by atoms with Crippen LogP contribution < -0.4 is 0 Å². The highest BCUT2D eigenvalue weighted by atomic mass is 16.6. The van der Waals surface area contributed by atoms with Gasteiger partial charge in [-0.25, -0.2) is 0 Å². The van der Waals surface area contributed by atoms with Gasteiger partial charge in [-0.2, -0.15) is 0 Å². The summed E-state index contributed by atoms with van der Waals surface area (Å²) >= 11 is 0. The Hall–Kier alpha value is -2.93. The molecule has 4 heterocycles. The van der Waals surface area contributed by atoms with Gasteiger partial charge in [0.15, 0.2) is 0 Å². The van der Waals surface area contributed by atoms with E-state index >= 15 is 0 Å². The summed E-state index contributed by atoms with van der Waals surface area (Å²) in [5.74, 6) is -2.36. The molecule has 2 amide bonds. The third-order valence-corrected chi connectivity index (χ3v) is 6.85. The highest BCUT2D eigenvalue weighted by Gasteiger charge is 2.74. The van der Waals surface area contributed by atoms with Crippen molar-refractivity contribution in [2.24, 2.45) is 11.8 Å². The Balaban J connectivity index is 1.63. The molecule has 168 valence electrons. The number of likely N-dealkylation sites (tertiary alicyclic amines) is 1. The van der Waals surface area contributed by atoms with Crippen LogP contribution in [0.15, 0.2) is 54.6 Å². The minimum Gasteiger partial charge on any atom is -0.461 e. The first-order valence-electron chi connectivity index (χ1n) is 11.1. The fraction of sp³-hybridized carbons (Fsp3) is 0.480. The summed E-state index contributed by atoms with van der Waals surface area (Å²) in [6, 6.07) is 8.92. The number of amides is 2. The number of carbonyl (C=O) groups excluding carboxylic acids is 3. The normalized spacial score (nSPS) is 35.0. The molecule has 32 heavy (non-hydrogen) atoms. The molecule has 5 bridgehead atoms. The summed E-state index contributed by atoms with van der Waals surface area (Å²) in [5, 5.41) is 0. The highest BCUT2D eigenvalue weighted by molar-refractivity contribution is 5.99. The van der Waals surface area contributed by atoms with Gasteiger partial charge in [0.1, 0.15) is 24.2 Å². The van der Waals surface area contributed by atoms with Crippen molar-refractivity contribution >= 4 is 17.8 Å². The van der Waals surface area contributed by atoms with Crippen LogP contribution in [-0.4, -0.2) is 64.0 Å². The van der Waals surface area contributed by atoms with E-state index in [0.29, 0.717) is 13.1 Å². The minimum atomic E-state index is -1.16. The van der Waals surface area contributed by atoms with Gasteiger partial charge in [0.25, 0.3) is 0 Å². The molecule has 0 N–H and O–H groups in total. The zero-order valence-electron chi connectivity index (χ0n) is 18.6. The molecule has 0 aromatic heterocycles. The van der Waals surface area contributed by atoms with Crippen molar-refractivity contribution in [2.45, 2.75) is 50.6 Å². The molecule has 0 aliphatic carbocycles. The maximum atomic E-state index is 14.1. The van der Waals surface area contributed by atoms with Gasteiger partial charge in [0, 0.05) is 18.6 Å². The van der Waals surface area contributed by atoms with E-state index in [2.05, 4.69) is 0 Å². The van der Waals surface area contributed by atoms with Crippen molar-refractivity contribution in [3.05, 3.63) is 60.2 Å². The molecule has 2 saturated heterocycles. The number of benzene rings is 1. The molecule has 1 spiro atoms. The number of fused-ring (bicyclic) bond motifs is 2. The van der Waals surface area contributed by atoms with Crippen LogP contribution >= 0.6 is 0 Å². The second kappa shape index (κ2) is 7.30. The van der Waals surface area contributed by atoms with Gasteiger partial charge in [0.05, 0.1) is 12.0 Å². The van der Waals surface area contributed by atoms with Crippen molar-refractivity contribution in [3.63, 3.8) is 0 Å². The SMILES string of the molecule is CC(C)(C)N1C(=O)[C@H]2[C@@H]3C(=O)OC/C=C\CN(Cc4ccccc4)C(=O)[C@H]1[C@@]21C=C[C@@H]3O1. The molecule has 1 aromatic rings. The van der Waals surface area contributed by atoms with E-state index in [1.54, 1.807) is 15.9 Å². The van der Waals surface area contributed by atoms with E-state index < -0.39 is 41.1 Å². The average molecular weight is 437 g/mol. The van der Waals surface area contributed by atoms with Crippen molar-refractivity contribution in [2.75, 3.05) is 13.2 Å². The first kappa shape index (κ1) is 20.9. The molecule has 5 rings (SSSR count). The van der Waals surface area contributed by atoms with Crippen molar-refractivity contribution in [1.29, 1.82) is 0 Å². The lowest BCUT2D eigenvalue weighted by Gasteiger charge is -2.41. The quantitative estimate of drug-likeness (QED) is 0.524. The summed E-state index contributed by atoms with van der Waals surface area (Å²) in [6.07, 6.45) is 6.67. The van der Waals surface area contributed by atoms with E-state index in [-0.39, 0.29) is 18.4 Å². The number of hydrogen-bond donors (Lipinski definition) is 0. The third kappa shape index (κ3) is 3.02. The Labute approximate surface area is 187 Å². The van der Waals surface area contributed by atoms with Crippen LogP contribution in [0.5, 0.6) is 0 Å². The Kier molecular flexibility index (Phi) is 4.78. The largest absolute Gasteiger partial charge is 0.461 e. The van der Waals surface area contributed by atoms with Gasteiger partial charge in [-0.15, -0.1) is 0 Å². The summed E-state index contributed by atoms with van der Waals surface area (Å²) in [5.41, 5.74) is -0.791. The zero-order chi connectivity index (χ0) is 22.7. The number of cyclic esters (lactones) is 1.